The third-order valence-electron chi connectivity index (χ3n) is 3.52. The summed E-state index contributed by atoms with van der Waals surface area (Å²) in [4.78, 5) is 24.1. The van der Waals surface area contributed by atoms with Crippen LogP contribution in [0.25, 0.3) is 0 Å². The van der Waals surface area contributed by atoms with Crippen LogP contribution in [0, 0.1) is 5.82 Å². The van der Waals surface area contributed by atoms with Crippen molar-refractivity contribution in [2.24, 2.45) is 0 Å². The van der Waals surface area contributed by atoms with Gasteiger partial charge in [-0.15, -0.1) is 0 Å². The molecule has 5 nitrogen and oxygen atoms in total. The molecule has 1 fully saturated rings. The van der Waals surface area contributed by atoms with Gasteiger partial charge < -0.3 is 5.32 Å². The SMILES string of the molecule is O=C(N[C@H]1C(=O)NN[C@H]1c1ccccc1)c1ccc(F)cc1. The summed E-state index contributed by atoms with van der Waals surface area (Å²) in [6, 6.07) is 13.4. The maximum absolute atomic E-state index is 12.9. The van der Waals surface area contributed by atoms with Crippen molar-refractivity contribution in [3.63, 3.8) is 0 Å². The van der Waals surface area contributed by atoms with Gasteiger partial charge in [0.2, 0.25) is 0 Å². The average molecular weight is 299 g/mol. The first-order chi connectivity index (χ1) is 10.6. The predicted octanol–water partition coefficient (Wildman–Crippen LogP) is 1.30. The molecule has 1 saturated heterocycles. The molecule has 1 aliphatic heterocycles. The Morgan fingerprint density at radius 2 is 1.73 bits per heavy atom. The summed E-state index contributed by atoms with van der Waals surface area (Å²) in [5.74, 6) is -1.16. The number of benzene rings is 2. The summed E-state index contributed by atoms with van der Waals surface area (Å²) in [6.45, 7) is 0. The first-order valence-corrected chi connectivity index (χ1v) is 6.82. The molecule has 0 radical (unpaired) electrons. The maximum atomic E-state index is 12.9. The van der Waals surface area contributed by atoms with E-state index >= 15 is 0 Å². The molecule has 3 N–H and O–H groups in total. The van der Waals surface area contributed by atoms with Crippen molar-refractivity contribution < 1.29 is 14.0 Å². The van der Waals surface area contributed by atoms with Gasteiger partial charge in [-0.2, -0.15) is 0 Å². The van der Waals surface area contributed by atoms with Crippen LogP contribution < -0.4 is 16.2 Å². The highest BCUT2D eigenvalue weighted by molar-refractivity contribution is 5.98. The topological polar surface area (TPSA) is 70.2 Å². The number of amides is 2. The van der Waals surface area contributed by atoms with E-state index in [1.807, 2.05) is 30.3 Å². The zero-order valence-electron chi connectivity index (χ0n) is 11.5. The Morgan fingerprint density at radius 1 is 1.05 bits per heavy atom. The minimum Gasteiger partial charge on any atom is -0.338 e. The predicted molar refractivity (Wildman–Crippen MR) is 78.1 cm³/mol. The van der Waals surface area contributed by atoms with E-state index in [0.717, 1.165) is 5.56 Å². The fourth-order valence-corrected chi connectivity index (χ4v) is 2.37. The lowest BCUT2D eigenvalue weighted by molar-refractivity contribution is -0.121. The van der Waals surface area contributed by atoms with Crippen LogP contribution >= 0.6 is 0 Å². The highest BCUT2D eigenvalue weighted by atomic mass is 19.1. The van der Waals surface area contributed by atoms with E-state index in [1.54, 1.807) is 0 Å². The molecule has 1 aliphatic rings. The molecule has 0 unspecified atom stereocenters. The van der Waals surface area contributed by atoms with Gasteiger partial charge in [0.05, 0.1) is 6.04 Å². The number of hydrogen-bond acceptors (Lipinski definition) is 3. The smallest absolute Gasteiger partial charge is 0.258 e. The van der Waals surface area contributed by atoms with Crippen LogP contribution in [0.4, 0.5) is 4.39 Å². The van der Waals surface area contributed by atoms with Crippen LogP contribution in [-0.4, -0.2) is 17.9 Å². The molecular formula is C16H14FN3O2. The Hall–Kier alpha value is -2.73. The Bertz CT molecular complexity index is 688. The molecule has 112 valence electrons. The van der Waals surface area contributed by atoms with Gasteiger partial charge in [-0.3, -0.25) is 15.0 Å². The second-order valence-electron chi connectivity index (χ2n) is 4.98. The van der Waals surface area contributed by atoms with E-state index in [9.17, 15) is 14.0 Å². The molecule has 0 saturated carbocycles. The first kappa shape index (κ1) is 14.2. The summed E-state index contributed by atoms with van der Waals surface area (Å²) < 4.78 is 12.9. The molecule has 6 heteroatoms. The molecule has 2 aromatic carbocycles. The second kappa shape index (κ2) is 5.95. The van der Waals surface area contributed by atoms with Gasteiger partial charge in [0.1, 0.15) is 11.9 Å². The van der Waals surface area contributed by atoms with Crippen molar-refractivity contribution in [1.29, 1.82) is 0 Å². The van der Waals surface area contributed by atoms with E-state index in [0.29, 0.717) is 5.56 Å². The van der Waals surface area contributed by atoms with Gasteiger partial charge in [0.15, 0.2) is 0 Å². The monoisotopic (exact) mass is 299 g/mol. The maximum Gasteiger partial charge on any atom is 0.258 e. The quantitative estimate of drug-likeness (QED) is 0.800. The number of nitrogens with one attached hydrogen (secondary N) is 3. The minimum absolute atomic E-state index is 0.299. The molecule has 0 aromatic heterocycles. The van der Waals surface area contributed by atoms with Gasteiger partial charge in [-0.25, -0.2) is 9.82 Å². The third kappa shape index (κ3) is 2.82. The molecule has 3 rings (SSSR count). The molecule has 2 amide bonds. The summed E-state index contributed by atoms with van der Waals surface area (Å²) in [7, 11) is 0. The van der Waals surface area contributed by atoms with E-state index in [1.165, 1.54) is 24.3 Å². The zero-order valence-corrected chi connectivity index (χ0v) is 11.5. The van der Waals surface area contributed by atoms with Crippen molar-refractivity contribution in [3.05, 3.63) is 71.5 Å². The van der Waals surface area contributed by atoms with Gasteiger partial charge in [0, 0.05) is 5.56 Å². The Morgan fingerprint density at radius 3 is 2.41 bits per heavy atom. The van der Waals surface area contributed by atoms with Crippen molar-refractivity contribution >= 4 is 11.8 Å². The largest absolute Gasteiger partial charge is 0.338 e. The van der Waals surface area contributed by atoms with Crippen molar-refractivity contribution in [1.82, 2.24) is 16.2 Å². The number of halogens is 1. The highest BCUT2D eigenvalue weighted by Crippen LogP contribution is 2.20. The van der Waals surface area contributed by atoms with E-state index in [4.69, 9.17) is 0 Å². The van der Waals surface area contributed by atoms with Crippen molar-refractivity contribution in [2.75, 3.05) is 0 Å². The van der Waals surface area contributed by atoms with Gasteiger partial charge >= 0.3 is 0 Å². The number of carbonyl (C=O) groups is 2. The van der Waals surface area contributed by atoms with Crippen LogP contribution in [0.1, 0.15) is 22.0 Å². The lowest BCUT2D eigenvalue weighted by Gasteiger charge is -2.18. The lowest BCUT2D eigenvalue weighted by Crippen LogP contribution is -2.42. The summed E-state index contributed by atoms with van der Waals surface area (Å²) >= 11 is 0. The fraction of sp³-hybridized carbons (Fsp3) is 0.125. The zero-order chi connectivity index (χ0) is 15.5. The van der Waals surface area contributed by atoms with Gasteiger partial charge in [0.25, 0.3) is 11.8 Å². The van der Waals surface area contributed by atoms with Gasteiger partial charge in [-0.1, -0.05) is 30.3 Å². The van der Waals surface area contributed by atoms with E-state index < -0.39 is 17.8 Å². The van der Waals surface area contributed by atoms with Crippen LogP contribution in [-0.2, 0) is 4.79 Å². The standard InChI is InChI=1S/C16H14FN3O2/c17-12-8-6-11(7-9-12)15(21)18-14-13(19-20-16(14)22)10-4-2-1-3-5-10/h1-9,13-14,19H,(H,18,21)(H,20,22)/t13-,14+/m0/s1. The molecule has 0 aliphatic carbocycles. The Kier molecular flexibility index (Phi) is 3.84. The first-order valence-electron chi connectivity index (χ1n) is 6.82. The van der Waals surface area contributed by atoms with E-state index in [-0.39, 0.29) is 11.9 Å². The average Bonchev–Trinajstić information content (AvgIpc) is 2.90. The van der Waals surface area contributed by atoms with Gasteiger partial charge in [-0.05, 0) is 29.8 Å². The molecule has 1 heterocycles. The van der Waals surface area contributed by atoms with Crippen LogP contribution in [0.3, 0.4) is 0 Å². The Labute approximate surface area is 126 Å². The summed E-state index contributed by atoms with van der Waals surface area (Å²) in [5.41, 5.74) is 6.56. The number of carbonyl (C=O) groups excluding carboxylic acids is 2. The normalized spacial score (nSPS) is 20.5. The third-order valence-corrected chi connectivity index (χ3v) is 3.52. The fourth-order valence-electron chi connectivity index (χ4n) is 2.37. The second-order valence-corrected chi connectivity index (χ2v) is 4.98. The van der Waals surface area contributed by atoms with Crippen LogP contribution in [0.5, 0.6) is 0 Å². The van der Waals surface area contributed by atoms with Crippen LogP contribution in [0.15, 0.2) is 54.6 Å². The number of rotatable bonds is 3. The Balaban J connectivity index is 1.78. The molecule has 0 spiro atoms. The van der Waals surface area contributed by atoms with Crippen molar-refractivity contribution in [2.45, 2.75) is 12.1 Å². The molecule has 0 bridgehead atoms. The molecular weight excluding hydrogens is 285 g/mol. The van der Waals surface area contributed by atoms with E-state index in [2.05, 4.69) is 16.2 Å². The molecule has 22 heavy (non-hydrogen) atoms. The minimum atomic E-state index is -0.736. The summed E-state index contributed by atoms with van der Waals surface area (Å²) in [5, 5.41) is 2.68. The summed E-state index contributed by atoms with van der Waals surface area (Å²) in [6.07, 6.45) is 0. The highest BCUT2D eigenvalue weighted by Gasteiger charge is 2.36. The number of hydrogen-bond donors (Lipinski definition) is 3. The number of hydrazine groups is 1. The molecule has 2 atom stereocenters. The van der Waals surface area contributed by atoms with Crippen LogP contribution in [0.2, 0.25) is 0 Å². The lowest BCUT2D eigenvalue weighted by atomic mass is 10.0. The molecule has 2 aromatic rings. The van der Waals surface area contributed by atoms with Crippen molar-refractivity contribution in [3.8, 4) is 0 Å².